The largest absolute Gasteiger partial charge is 0.335 e. The fourth-order valence-electron chi connectivity index (χ4n) is 3.74. The van der Waals surface area contributed by atoms with Gasteiger partial charge in [-0.3, -0.25) is 14.3 Å². The molecule has 0 bridgehead atoms. The van der Waals surface area contributed by atoms with Crippen molar-refractivity contribution >= 4 is 16.8 Å². The molecule has 1 aromatic carbocycles. The van der Waals surface area contributed by atoms with Crippen LogP contribution in [0.5, 0.6) is 0 Å². The van der Waals surface area contributed by atoms with Crippen molar-refractivity contribution in [2.75, 3.05) is 0 Å². The minimum absolute atomic E-state index is 0.0980. The van der Waals surface area contributed by atoms with Crippen LogP contribution in [-0.4, -0.2) is 32.7 Å². The van der Waals surface area contributed by atoms with Gasteiger partial charge in [-0.2, -0.15) is 5.10 Å². The summed E-state index contributed by atoms with van der Waals surface area (Å²) in [5.41, 5.74) is 0.634. The minimum atomic E-state index is -0.0980. The molecule has 0 spiro atoms. The SMILES string of the molecule is O=C(Cn1ncc(=O)c2ccccc21)N(C1CCCC1)C1CC1. The van der Waals surface area contributed by atoms with Gasteiger partial charge in [0.2, 0.25) is 11.3 Å². The summed E-state index contributed by atoms with van der Waals surface area (Å²) in [6.45, 7) is 0.216. The van der Waals surface area contributed by atoms with Gasteiger partial charge >= 0.3 is 0 Å². The quantitative estimate of drug-likeness (QED) is 0.871. The number of rotatable bonds is 4. The number of hydrogen-bond acceptors (Lipinski definition) is 3. The summed E-state index contributed by atoms with van der Waals surface area (Å²) in [5, 5.41) is 4.81. The molecule has 0 unspecified atom stereocenters. The van der Waals surface area contributed by atoms with Gasteiger partial charge in [-0.15, -0.1) is 0 Å². The van der Waals surface area contributed by atoms with Crippen LogP contribution in [0.4, 0.5) is 0 Å². The Labute approximate surface area is 134 Å². The Morgan fingerprint density at radius 1 is 1.13 bits per heavy atom. The fourth-order valence-corrected chi connectivity index (χ4v) is 3.74. The van der Waals surface area contributed by atoms with E-state index in [1.807, 2.05) is 18.2 Å². The third kappa shape index (κ3) is 2.76. The van der Waals surface area contributed by atoms with E-state index >= 15 is 0 Å². The topological polar surface area (TPSA) is 55.2 Å². The Morgan fingerprint density at radius 3 is 2.57 bits per heavy atom. The van der Waals surface area contributed by atoms with Crippen molar-refractivity contribution in [3.8, 4) is 0 Å². The van der Waals surface area contributed by atoms with E-state index in [1.165, 1.54) is 19.0 Å². The lowest BCUT2D eigenvalue weighted by Crippen LogP contribution is -2.42. The first-order valence-electron chi connectivity index (χ1n) is 8.50. The van der Waals surface area contributed by atoms with E-state index in [1.54, 1.807) is 10.7 Å². The fraction of sp³-hybridized carbons (Fsp3) is 0.500. The van der Waals surface area contributed by atoms with E-state index < -0.39 is 0 Å². The van der Waals surface area contributed by atoms with Crippen molar-refractivity contribution in [1.82, 2.24) is 14.7 Å². The van der Waals surface area contributed by atoms with Crippen LogP contribution in [-0.2, 0) is 11.3 Å². The number of carbonyl (C=O) groups excluding carboxylic acids is 1. The Hall–Kier alpha value is -2.17. The van der Waals surface area contributed by atoms with Crippen molar-refractivity contribution in [3.63, 3.8) is 0 Å². The predicted octanol–water partition coefficient (Wildman–Crippen LogP) is 2.33. The van der Waals surface area contributed by atoms with Gasteiger partial charge in [0.1, 0.15) is 6.54 Å². The molecule has 4 rings (SSSR count). The van der Waals surface area contributed by atoms with Gasteiger partial charge in [-0.25, -0.2) is 0 Å². The Bertz CT molecular complexity index is 788. The zero-order valence-corrected chi connectivity index (χ0v) is 13.1. The Kier molecular flexibility index (Phi) is 3.63. The highest BCUT2D eigenvalue weighted by molar-refractivity contribution is 5.82. The number of carbonyl (C=O) groups is 1. The number of hydrogen-bond donors (Lipinski definition) is 0. The van der Waals surface area contributed by atoms with E-state index in [-0.39, 0.29) is 17.9 Å². The van der Waals surface area contributed by atoms with Gasteiger partial charge < -0.3 is 4.90 Å². The summed E-state index contributed by atoms with van der Waals surface area (Å²) in [6, 6.07) is 8.19. The number of para-hydroxylation sites is 1. The van der Waals surface area contributed by atoms with Crippen molar-refractivity contribution in [2.45, 2.75) is 57.2 Å². The van der Waals surface area contributed by atoms with E-state index in [4.69, 9.17) is 0 Å². The first kappa shape index (κ1) is 14.4. The smallest absolute Gasteiger partial charge is 0.244 e. The average Bonchev–Trinajstić information content (AvgIpc) is 3.24. The second-order valence-electron chi connectivity index (χ2n) is 6.65. The maximum atomic E-state index is 12.9. The van der Waals surface area contributed by atoms with Crippen LogP contribution in [0.2, 0.25) is 0 Å². The van der Waals surface area contributed by atoms with Crippen molar-refractivity contribution in [1.29, 1.82) is 0 Å². The van der Waals surface area contributed by atoms with E-state index in [0.29, 0.717) is 17.5 Å². The summed E-state index contributed by atoms with van der Waals surface area (Å²) in [4.78, 5) is 26.9. The number of benzene rings is 1. The highest BCUT2D eigenvalue weighted by Crippen LogP contribution is 2.34. The summed E-state index contributed by atoms with van der Waals surface area (Å²) in [5.74, 6) is 0.140. The lowest BCUT2D eigenvalue weighted by molar-refractivity contribution is -0.134. The maximum Gasteiger partial charge on any atom is 0.244 e. The van der Waals surface area contributed by atoms with E-state index in [2.05, 4.69) is 10.00 Å². The first-order chi connectivity index (χ1) is 11.2. The van der Waals surface area contributed by atoms with Crippen LogP contribution >= 0.6 is 0 Å². The van der Waals surface area contributed by atoms with Crippen LogP contribution in [0.25, 0.3) is 10.9 Å². The third-order valence-corrected chi connectivity index (χ3v) is 4.99. The van der Waals surface area contributed by atoms with Gasteiger partial charge in [0.25, 0.3) is 0 Å². The summed E-state index contributed by atoms with van der Waals surface area (Å²) in [7, 11) is 0. The number of aromatic nitrogens is 2. The van der Waals surface area contributed by atoms with Crippen LogP contribution in [0.1, 0.15) is 38.5 Å². The Balaban J connectivity index is 1.63. The molecule has 0 radical (unpaired) electrons. The monoisotopic (exact) mass is 311 g/mol. The lowest BCUT2D eigenvalue weighted by Gasteiger charge is -2.29. The van der Waals surface area contributed by atoms with Crippen LogP contribution in [0, 0.1) is 0 Å². The summed E-state index contributed by atoms with van der Waals surface area (Å²) in [6.07, 6.45) is 8.26. The highest BCUT2D eigenvalue weighted by atomic mass is 16.2. The molecule has 0 atom stereocenters. The second kappa shape index (κ2) is 5.80. The van der Waals surface area contributed by atoms with Crippen molar-refractivity contribution in [3.05, 3.63) is 40.7 Å². The number of nitrogens with zero attached hydrogens (tertiary/aromatic N) is 3. The molecule has 23 heavy (non-hydrogen) atoms. The normalized spacial score (nSPS) is 18.4. The molecule has 0 N–H and O–H groups in total. The van der Waals surface area contributed by atoms with E-state index in [0.717, 1.165) is 31.2 Å². The third-order valence-electron chi connectivity index (χ3n) is 4.99. The predicted molar refractivity (Wildman–Crippen MR) is 88.1 cm³/mol. The zero-order chi connectivity index (χ0) is 15.8. The molecule has 1 amide bonds. The molecule has 5 nitrogen and oxygen atoms in total. The molecular weight excluding hydrogens is 290 g/mol. The highest BCUT2D eigenvalue weighted by Gasteiger charge is 2.38. The first-order valence-corrected chi connectivity index (χ1v) is 8.50. The molecule has 120 valence electrons. The molecule has 1 aromatic heterocycles. The van der Waals surface area contributed by atoms with Crippen LogP contribution in [0.15, 0.2) is 35.3 Å². The van der Waals surface area contributed by atoms with Gasteiger partial charge in [-0.1, -0.05) is 25.0 Å². The minimum Gasteiger partial charge on any atom is -0.335 e. The molecule has 2 fully saturated rings. The molecule has 1 heterocycles. The number of fused-ring (bicyclic) bond motifs is 1. The molecule has 2 saturated carbocycles. The average molecular weight is 311 g/mol. The van der Waals surface area contributed by atoms with Gasteiger partial charge in [0.05, 0.1) is 11.7 Å². The summed E-state index contributed by atoms with van der Waals surface area (Å²) < 4.78 is 1.67. The van der Waals surface area contributed by atoms with Crippen molar-refractivity contribution < 1.29 is 4.79 Å². The molecule has 0 saturated heterocycles. The molecular formula is C18H21N3O2. The molecule has 2 aromatic rings. The molecule has 5 heteroatoms. The van der Waals surface area contributed by atoms with Gasteiger partial charge in [0.15, 0.2) is 0 Å². The van der Waals surface area contributed by atoms with Gasteiger partial charge in [0, 0.05) is 17.5 Å². The van der Waals surface area contributed by atoms with Gasteiger partial charge in [-0.05, 0) is 37.8 Å². The number of amides is 1. The van der Waals surface area contributed by atoms with Crippen molar-refractivity contribution in [2.24, 2.45) is 0 Å². The van der Waals surface area contributed by atoms with Crippen LogP contribution < -0.4 is 5.43 Å². The second-order valence-corrected chi connectivity index (χ2v) is 6.65. The Morgan fingerprint density at radius 2 is 1.83 bits per heavy atom. The lowest BCUT2D eigenvalue weighted by atomic mass is 10.2. The zero-order valence-electron chi connectivity index (χ0n) is 13.1. The molecule has 2 aliphatic carbocycles. The molecule has 2 aliphatic rings. The standard InChI is InChI=1S/C18H21N3O2/c22-17-11-19-20(16-8-4-3-7-15(16)17)12-18(23)21(14-9-10-14)13-5-1-2-6-13/h3-4,7-8,11,13-14H,1-2,5-6,9-10,12H2. The summed E-state index contributed by atoms with van der Waals surface area (Å²) >= 11 is 0. The molecule has 0 aliphatic heterocycles. The van der Waals surface area contributed by atoms with Crippen LogP contribution in [0.3, 0.4) is 0 Å². The maximum absolute atomic E-state index is 12.9. The van der Waals surface area contributed by atoms with E-state index in [9.17, 15) is 9.59 Å².